The van der Waals surface area contributed by atoms with Crippen LogP contribution in [0.1, 0.15) is 22.3 Å². The van der Waals surface area contributed by atoms with Crippen LogP contribution >= 0.6 is 27.3 Å². The molecule has 0 aliphatic carbocycles. The van der Waals surface area contributed by atoms with Crippen molar-refractivity contribution in [2.45, 2.75) is 19.4 Å². The lowest BCUT2D eigenvalue weighted by atomic mass is 10.2. The van der Waals surface area contributed by atoms with E-state index in [1.54, 1.807) is 0 Å². The number of aliphatic hydroxyl groups is 1. The van der Waals surface area contributed by atoms with E-state index in [0.29, 0.717) is 4.88 Å². The maximum atomic E-state index is 10.3. The third-order valence-corrected chi connectivity index (χ3v) is 3.58. The van der Waals surface area contributed by atoms with Crippen molar-refractivity contribution in [3.63, 3.8) is 0 Å². The SMILES string of the molecule is Cc1cc(Br)c(C(O)CC(=O)O)s1. The molecule has 0 radical (unpaired) electrons. The number of rotatable bonds is 3. The van der Waals surface area contributed by atoms with Crippen LogP contribution in [0.5, 0.6) is 0 Å². The van der Waals surface area contributed by atoms with Crippen LogP contribution in [-0.4, -0.2) is 16.2 Å². The topological polar surface area (TPSA) is 57.5 Å². The number of carbonyl (C=O) groups is 1. The molecule has 0 saturated carbocycles. The standard InChI is InChI=1S/C8H9BrO3S/c1-4-2-5(9)8(13-4)6(10)3-7(11)12/h2,6,10H,3H2,1H3,(H,11,12). The molecule has 1 rings (SSSR count). The first-order chi connectivity index (χ1) is 6.00. The molecule has 0 aromatic carbocycles. The molecule has 1 aromatic rings. The van der Waals surface area contributed by atoms with E-state index in [1.165, 1.54) is 11.3 Å². The van der Waals surface area contributed by atoms with Gasteiger partial charge in [-0.05, 0) is 28.9 Å². The number of carboxylic acids is 1. The summed E-state index contributed by atoms with van der Waals surface area (Å²) in [7, 11) is 0. The monoisotopic (exact) mass is 264 g/mol. The van der Waals surface area contributed by atoms with E-state index in [-0.39, 0.29) is 6.42 Å². The van der Waals surface area contributed by atoms with Crippen LogP contribution in [0.3, 0.4) is 0 Å². The summed E-state index contributed by atoms with van der Waals surface area (Å²) in [5.74, 6) is -0.995. The quantitative estimate of drug-likeness (QED) is 0.881. The predicted molar refractivity (Wildman–Crippen MR) is 54.0 cm³/mol. The lowest BCUT2D eigenvalue weighted by molar-refractivity contribution is -0.139. The minimum Gasteiger partial charge on any atom is -0.481 e. The number of hydrogen-bond acceptors (Lipinski definition) is 3. The molecule has 1 unspecified atom stereocenters. The normalized spacial score (nSPS) is 12.8. The van der Waals surface area contributed by atoms with Gasteiger partial charge in [0.2, 0.25) is 0 Å². The zero-order chi connectivity index (χ0) is 10.0. The number of aryl methyl sites for hydroxylation is 1. The Hall–Kier alpha value is -0.390. The lowest BCUT2D eigenvalue weighted by Crippen LogP contribution is -2.04. The fourth-order valence-electron chi connectivity index (χ4n) is 0.987. The Morgan fingerprint density at radius 2 is 2.38 bits per heavy atom. The van der Waals surface area contributed by atoms with E-state index in [4.69, 9.17) is 5.11 Å². The maximum Gasteiger partial charge on any atom is 0.306 e. The summed E-state index contributed by atoms with van der Waals surface area (Å²) in [6.45, 7) is 1.91. The van der Waals surface area contributed by atoms with E-state index < -0.39 is 12.1 Å². The number of aliphatic hydroxyl groups excluding tert-OH is 1. The van der Waals surface area contributed by atoms with Crippen molar-refractivity contribution in [1.29, 1.82) is 0 Å². The number of thiophene rings is 1. The second kappa shape index (κ2) is 4.21. The van der Waals surface area contributed by atoms with E-state index in [9.17, 15) is 9.90 Å². The van der Waals surface area contributed by atoms with Crippen molar-refractivity contribution in [2.75, 3.05) is 0 Å². The summed E-state index contributed by atoms with van der Waals surface area (Å²) in [5, 5.41) is 18.0. The Morgan fingerprint density at radius 1 is 1.77 bits per heavy atom. The second-order valence-corrected chi connectivity index (χ2v) is 4.83. The Labute approximate surface area is 88.1 Å². The van der Waals surface area contributed by atoms with E-state index >= 15 is 0 Å². The molecule has 3 nitrogen and oxygen atoms in total. The highest BCUT2D eigenvalue weighted by Crippen LogP contribution is 2.33. The van der Waals surface area contributed by atoms with Crippen LogP contribution in [0.2, 0.25) is 0 Å². The molecule has 72 valence electrons. The van der Waals surface area contributed by atoms with Crippen LogP contribution in [0.25, 0.3) is 0 Å². The summed E-state index contributed by atoms with van der Waals surface area (Å²) >= 11 is 4.67. The molecule has 2 N–H and O–H groups in total. The van der Waals surface area contributed by atoms with E-state index in [0.717, 1.165) is 9.35 Å². The molecule has 1 aromatic heterocycles. The summed E-state index contributed by atoms with van der Waals surface area (Å²) in [4.78, 5) is 12.1. The Balaban J connectivity index is 2.81. The molecule has 13 heavy (non-hydrogen) atoms. The first-order valence-electron chi connectivity index (χ1n) is 3.66. The highest BCUT2D eigenvalue weighted by atomic mass is 79.9. The summed E-state index contributed by atoms with van der Waals surface area (Å²) in [6, 6.07) is 1.87. The van der Waals surface area contributed by atoms with Crippen LogP contribution in [-0.2, 0) is 4.79 Å². The van der Waals surface area contributed by atoms with E-state index in [1.807, 2.05) is 13.0 Å². The fourth-order valence-corrected chi connectivity index (χ4v) is 2.89. The molecular weight excluding hydrogens is 256 g/mol. The number of aliphatic carboxylic acids is 1. The number of hydrogen-bond donors (Lipinski definition) is 2. The lowest BCUT2D eigenvalue weighted by Gasteiger charge is -2.04. The molecule has 0 aliphatic heterocycles. The van der Waals surface area contributed by atoms with Gasteiger partial charge >= 0.3 is 5.97 Å². The smallest absolute Gasteiger partial charge is 0.306 e. The molecule has 0 saturated heterocycles. The number of carboxylic acid groups (broad SMARTS) is 1. The third-order valence-electron chi connectivity index (χ3n) is 1.51. The van der Waals surface area contributed by atoms with Crippen molar-refractivity contribution >= 4 is 33.2 Å². The van der Waals surface area contributed by atoms with Crippen molar-refractivity contribution in [3.05, 3.63) is 20.3 Å². The van der Waals surface area contributed by atoms with Crippen molar-refractivity contribution < 1.29 is 15.0 Å². The van der Waals surface area contributed by atoms with Gasteiger partial charge in [-0.3, -0.25) is 4.79 Å². The van der Waals surface area contributed by atoms with Gasteiger partial charge in [-0.1, -0.05) is 0 Å². The zero-order valence-corrected chi connectivity index (χ0v) is 9.35. The van der Waals surface area contributed by atoms with Gasteiger partial charge in [0.25, 0.3) is 0 Å². The van der Waals surface area contributed by atoms with Crippen LogP contribution in [0.15, 0.2) is 10.5 Å². The molecule has 1 atom stereocenters. The largest absolute Gasteiger partial charge is 0.481 e. The summed E-state index contributed by atoms with van der Waals surface area (Å²) in [6.07, 6.45) is -1.16. The van der Waals surface area contributed by atoms with Crippen LogP contribution < -0.4 is 0 Å². The molecule has 1 heterocycles. The molecule has 0 amide bonds. The minimum atomic E-state index is -0.995. The highest BCUT2D eigenvalue weighted by Gasteiger charge is 2.17. The van der Waals surface area contributed by atoms with Gasteiger partial charge in [-0.15, -0.1) is 11.3 Å². The average molecular weight is 265 g/mol. The Kier molecular flexibility index (Phi) is 3.47. The first-order valence-corrected chi connectivity index (χ1v) is 5.27. The molecule has 0 fully saturated rings. The number of halogens is 1. The Bertz CT molecular complexity index is 321. The minimum absolute atomic E-state index is 0.251. The van der Waals surface area contributed by atoms with Gasteiger partial charge in [-0.25, -0.2) is 0 Å². The molecular formula is C8H9BrO3S. The maximum absolute atomic E-state index is 10.3. The van der Waals surface area contributed by atoms with E-state index in [2.05, 4.69) is 15.9 Å². The first kappa shape index (κ1) is 10.7. The van der Waals surface area contributed by atoms with Gasteiger partial charge in [0, 0.05) is 14.2 Å². The predicted octanol–water partition coefficient (Wildman–Crippen LogP) is 2.33. The second-order valence-electron chi connectivity index (χ2n) is 2.68. The van der Waals surface area contributed by atoms with Crippen molar-refractivity contribution in [2.24, 2.45) is 0 Å². The average Bonchev–Trinajstić information content (AvgIpc) is 2.28. The molecule has 0 aliphatic rings. The molecule has 0 spiro atoms. The molecule has 0 bridgehead atoms. The van der Waals surface area contributed by atoms with Crippen molar-refractivity contribution in [3.8, 4) is 0 Å². The van der Waals surface area contributed by atoms with Gasteiger partial charge in [0.1, 0.15) is 0 Å². The van der Waals surface area contributed by atoms with Gasteiger partial charge in [0.05, 0.1) is 12.5 Å². The zero-order valence-electron chi connectivity index (χ0n) is 6.95. The van der Waals surface area contributed by atoms with Crippen LogP contribution in [0, 0.1) is 6.92 Å². The Morgan fingerprint density at radius 3 is 2.77 bits per heavy atom. The fraction of sp³-hybridized carbons (Fsp3) is 0.375. The van der Waals surface area contributed by atoms with Crippen LogP contribution in [0.4, 0.5) is 0 Å². The van der Waals surface area contributed by atoms with Gasteiger partial charge in [-0.2, -0.15) is 0 Å². The van der Waals surface area contributed by atoms with Gasteiger partial charge < -0.3 is 10.2 Å². The summed E-state index contributed by atoms with van der Waals surface area (Å²) < 4.78 is 0.781. The molecule has 5 heteroatoms. The van der Waals surface area contributed by atoms with Crippen molar-refractivity contribution in [1.82, 2.24) is 0 Å². The third kappa shape index (κ3) is 2.79. The van der Waals surface area contributed by atoms with Gasteiger partial charge in [0.15, 0.2) is 0 Å². The highest BCUT2D eigenvalue weighted by molar-refractivity contribution is 9.10. The summed E-state index contributed by atoms with van der Waals surface area (Å²) in [5.41, 5.74) is 0.